The summed E-state index contributed by atoms with van der Waals surface area (Å²) in [6, 6.07) is 9.32. The van der Waals surface area contributed by atoms with Crippen molar-refractivity contribution in [3.8, 4) is 17.2 Å². The third-order valence-electron chi connectivity index (χ3n) is 4.53. The molecular weight excluding hydrogens is 386 g/mol. The summed E-state index contributed by atoms with van der Waals surface area (Å²) in [5.41, 5.74) is 3.84. The number of hydrogen-bond donors (Lipinski definition) is 1. The van der Waals surface area contributed by atoms with Gasteiger partial charge < -0.3 is 24.3 Å². The van der Waals surface area contributed by atoms with Crippen molar-refractivity contribution in [1.29, 1.82) is 0 Å². The van der Waals surface area contributed by atoms with Crippen molar-refractivity contribution in [3.05, 3.63) is 52.6 Å². The number of nitrogens with one attached hydrogen (secondary N) is 1. The van der Waals surface area contributed by atoms with Crippen LogP contribution >= 0.6 is 0 Å². The van der Waals surface area contributed by atoms with E-state index in [9.17, 15) is 9.59 Å². The van der Waals surface area contributed by atoms with Gasteiger partial charge in [0.1, 0.15) is 5.75 Å². The molecule has 2 aromatic rings. The summed E-state index contributed by atoms with van der Waals surface area (Å²) in [7, 11) is 3.10. The number of methoxy groups -OCH3 is 2. The van der Waals surface area contributed by atoms with Gasteiger partial charge in [-0.3, -0.25) is 4.79 Å². The molecule has 7 nitrogen and oxygen atoms in total. The van der Waals surface area contributed by atoms with Crippen molar-refractivity contribution in [1.82, 2.24) is 5.32 Å². The highest BCUT2D eigenvalue weighted by Gasteiger charge is 2.19. The van der Waals surface area contributed by atoms with Gasteiger partial charge in [0.25, 0.3) is 5.91 Å². The summed E-state index contributed by atoms with van der Waals surface area (Å²) >= 11 is 0. The smallest absolute Gasteiger partial charge is 0.344 e. The molecule has 2 aromatic carbocycles. The van der Waals surface area contributed by atoms with Crippen LogP contribution in [0.1, 0.15) is 29.2 Å². The number of esters is 1. The Labute approximate surface area is 177 Å². The van der Waals surface area contributed by atoms with Crippen molar-refractivity contribution in [2.75, 3.05) is 20.8 Å². The van der Waals surface area contributed by atoms with Gasteiger partial charge in [0, 0.05) is 6.54 Å². The molecule has 2 rings (SSSR count). The molecule has 0 heterocycles. The van der Waals surface area contributed by atoms with Crippen LogP contribution in [0.2, 0.25) is 0 Å². The maximum Gasteiger partial charge on any atom is 0.344 e. The van der Waals surface area contributed by atoms with Crippen LogP contribution in [-0.2, 0) is 20.9 Å². The molecule has 0 aromatic heterocycles. The summed E-state index contributed by atoms with van der Waals surface area (Å²) in [5.74, 6) is 0.823. The van der Waals surface area contributed by atoms with E-state index < -0.39 is 18.0 Å². The van der Waals surface area contributed by atoms with Crippen LogP contribution in [0, 0.1) is 20.8 Å². The van der Waals surface area contributed by atoms with E-state index in [2.05, 4.69) is 5.32 Å². The molecule has 1 N–H and O–H groups in total. The lowest BCUT2D eigenvalue weighted by Crippen LogP contribution is -2.36. The minimum atomic E-state index is -0.943. The molecule has 0 aliphatic rings. The fourth-order valence-electron chi connectivity index (χ4n) is 3.13. The molecule has 7 heteroatoms. The largest absolute Gasteiger partial charge is 0.493 e. The van der Waals surface area contributed by atoms with Crippen molar-refractivity contribution < 1.29 is 28.5 Å². The summed E-state index contributed by atoms with van der Waals surface area (Å²) in [4.78, 5) is 24.4. The lowest BCUT2D eigenvalue weighted by molar-refractivity contribution is -0.156. The van der Waals surface area contributed by atoms with Crippen LogP contribution < -0.4 is 19.5 Å². The van der Waals surface area contributed by atoms with Gasteiger partial charge in [-0.15, -0.1) is 0 Å². The first-order valence-corrected chi connectivity index (χ1v) is 9.64. The van der Waals surface area contributed by atoms with Crippen LogP contribution in [0.3, 0.4) is 0 Å². The first kappa shape index (κ1) is 23.1. The van der Waals surface area contributed by atoms with E-state index >= 15 is 0 Å². The molecule has 0 aliphatic heterocycles. The molecule has 0 saturated carbocycles. The van der Waals surface area contributed by atoms with E-state index in [0.717, 1.165) is 22.3 Å². The van der Waals surface area contributed by atoms with Gasteiger partial charge in [-0.25, -0.2) is 4.79 Å². The standard InChI is InChI=1S/C23H29NO6/c1-14-9-15(2)22(16(3)10-14)29-13-21(25)30-17(4)23(26)24-12-18-7-8-19(27-5)20(11-18)28-6/h7-11,17H,12-13H2,1-6H3,(H,24,26)/t17-/m1/s1. The molecule has 0 saturated heterocycles. The second kappa shape index (κ2) is 10.5. The predicted octanol–water partition coefficient (Wildman–Crippen LogP) is 3.26. The topological polar surface area (TPSA) is 83.1 Å². The number of amides is 1. The Kier molecular flexibility index (Phi) is 8.09. The van der Waals surface area contributed by atoms with Gasteiger partial charge >= 0.3 is 5.97 Å². The molecule has 0 radical (unpaired) electrons. The fraction of sp³-hybridized carbons (Fsp3) is 0.391. The van der Waals surface area contributed by atoms with Crippen LogP contribution in [0.5, 0.6) is 17.2 Å². The molecule has 0 bridgehead atoms. The molecule has 1 amide bonds. The molecule has 1 atom stereocenters. The average molecular weight is 415 g/mol. The zero-order valence-electron chi connectivity index (χ0n) is 18.3. The zero-order valence-corrected chi connectivity index (χ0v) is 18.3. The van der Waals surface area contributed by atoms with E-state index in [-0.39, 0.29) is 13.2 Å². The second-order valence-corrected chi connectivity index (χ2v) is 7.06. The zero-order chi connectivity index (χ0) is 22.3. The van der Waals surface area contributed by atoms with E-state index in [0.29, 0.717) is 17.2 Å². The van der Waals surface area contributed by atoms with Crippen molar-refractivity contribution in [2.24, 2.45) is 0 Å². The maximum absolute atomic E-state index is 12.3. The van der Waals surface area contributed by atoms with Crippen LogP contribution in [0.25, 0.3) is 0 Å². The lowest BCUT2D eigenvalue weighted by Gasteiger charge is -2.16. The van der Waals surface area contributed by atoms with Gasteiger partial charge in [0.15, 0.2) is 24.2 Å². The normalized spacial score (nSPS) is 11.4. The summed E-state index contributed by atoms with van der Waals surface area (Å²) in [6.07, 6.45) is -0.943. The van der Waals surface area contributed by atoms with Crippen molar-refractivity contribution in [3.63, 3.8) is 0 Å². The highest BCUT2D eigenvalue weighted by Crippen LogP contribution is 2.27. The van der Waals surface area contributed by atoms with Crippen LogP contribution in [0.15, 0.2) is 30.3 Å². The van der Waals surface area contributed by atoms with E-state index in [1.165, 1.54) is 6.92 Å². The molecule has 0 unspecified atom stereocenters. The van der Waals surface area contributed by atoms with E-state index in [4.69, 9.17) is 18.9 Å². The second-order valence-electron chi connectivity index (χ2n) is 7.06. The minimum Gasteiger partial charge on any atom is -0.493 e. The Morgan fingerprint density at radius 3 is 2.20 bits per heavy atom. The fourth-order valence-corrected chi connectivity index (χ4v) is 3.13. The Morgan fingerprint density at radius 2 is 1.60 bits per heavy atom. The van der Waals surface area contributed by atoms with E-state index in [1.807, 2.05) is 39.0 Å². The van der Waals surface area contributed by atoms with Crippen LogP contribution in [0.4, 0.5) is 0 Å². The molecular formula is C23H29NO6. The monoisotopic (exact) mass is 415 g/mol. The molecule has 162 valence electrons. The highest BCUT2D eigenvalue weighted by molar-refractivity contribution is 5.83. The summed E-state index contributed by atoms with van der Waals surface area (Å²) in [6.45, 7) is 7.36. The highest BCUT2D eigenvalue weighted by atomic mass is 16.6. The Morgan fingerprint density at radius 1 is 0.967 bits per heavy atom. The number of aryl methyl sites for hydroxylation is 3. The van der Waals surface area contributed by atoms with Gasteiger partial charge in [-0.05, 0) is 56.5 Å². The first-order chi connectivity index (χ1) is 14.2. The van der Waals surface area contributed by atoms with E-state index in [1.54, 1.807) is 26.4 Å². The maximum atomic E-state index is 12.3. The van der Waals surface area contributed by atoms with Gasteiger partial charge in [-0.1, -0.05) is 23.8 Å². The minimum absolute atomic E-state index is 0.263. The molecule has 0 spiro atoms. The number of rotatable bonds is 9. The third kappa shape index (κ3) is 6.14. The Bertz CT molecular complexity index is 886. The number of ether oxygens (including phenoxy) is 4. The third-order valence-corrected chi connectivity index (χ3v) is 4.53. The Hall–Kier alpha value is -3.22. The van der Waals surface area contributed by atoms with Gasteiger partial charge in [-0.2, -0.15) is 0 Å². The molecule has 0 aliphatic carbocycles. The summed E-state index contributed by atoms with van der Waals surface area (Å²) in [5, 5.41) is 2.74. The number of hydrogen-bond acceptors (Lipinski definition) is 6. The van der Waals surface area contributed by atoms with Gasteiger partial charge in [0.05, 0.1) is 14.2 Å². The van der Waals surface area contributed by atoms with Crippen molar-refractivity contribution in [2.45, 2.75) is 40.3 Å². The number of benzene rings is 2. The number of carbonyl (C=O) groups excluding carboxylic acids is 2. The molecule has 0 fully saturated rings. The molecule has 30 heavy (non-hydrogen) atoms. The average Bonchev–Trinajstić information content (AvgIpc) is 2.70. The van der Waals surface area contributed by atoms with Gasteiger partial charge in [0.2, 0.25) is 0 Å². The first-order valence-electron chi connectivity index (χ1n) is 9.64. The quantitative estimate of drug-likeness (QED) is 0.633. The van der Waals surface area contributed by atoms with Crippen LogP contribution in [-0.4, -0.2) is 38.8 Å². The lowest BCUT2D eigenvalue weighted by atomic mass is 10.1. The predicted molar refractivity (Wildman–Crippen MR) is 113 cm³/mol. The summed E-state index contributed by atoms with van der Waals surface area (Å²) < 4.78 is 21.2. The Balaban J connectivity index is 1.84. The SMILES string of the molecule is COc1ccc(CNC(=O)[C@@H](C)OC(=O)COc2c(C)cc(C)cc2C)cc1OC. The number of carbonyl (C=O) groups is 2. The van der Waals surface area contributed by atoms with Crippen molar-refractivity contribution >= 4 is 11.9 Å².